The van der Waals surface area contributed by atoms with Crippen LogP contribution in [0.4, 0.5) is 4.79 Å². The first-order valence-electron chi connectivity index (χ1n) is 8.14. The van der Waals surface area contributed by atoms with E-state index in [1.165, 1.54) is 36.6 Å². The summed E-state index contributed by atoms with van der Waals surface area (Å²) in [4.78, 5) is 12.3. The van der Waals surface area contributed by atoms with Gasteiger partial charge in [-0.3, -0.25) is 4.79 Å². The van der Waals surface area contributed by atoms with Crippen molar-refractivity contribution in [2.45, 2.75) is 61.8 Å². The Balaban J connectivity index is 2.07. The SMILES string of the molecule is CC(C)(C)[C@@]1(c2ccccc2)NC(=O)SC2(CCCCC2)S1. The van der Waals surface area contributed by atoms with Gasteiger partial charge in [-0.2, -0.15) is 0 Å². The zero-order valence-electron chi connectivity index (χ0n) is 13.6. The highest BCUT2D eigenvalue weighted by atomic mass is 32.2. The summed E-state index contributed by atoms with van der Waals surface area (Å²) >= 11 is 3.53. The van der Waals surface area contributed by atoms with Crippen molar-refractivity contribution >= 4 is 28.8 Å². The molecule has 1 saturated carbocycles. The molecule has 2 nitrogen and oxygen atoms in total. The Morgan fingerprint density at radius 3 is 2.27 bits per heavy atom. The fourth-order valence-corrected chi connectivity index (χ4v) is 7.16. The van der Waals surface area contributed by atoms with Crippen LogP contribution in [0.25, 0.3) is 0 Å². The lowest BCUT2D eigenvalue weighted by Crippen LogP contribution is -2.57. The quantitative estimate of drug-likeness (QED) is 0.710. The number of rotatable bonds is 1. The normalized spacial score (nSPS) is 28.4. The van der Waals surface area contributed by atoms with Crippen molar-refractivity contribution in [2.75, 3.05) is 0 Å². The summed E-state index contributed by atoms with van der Waals surface area (Å²) < 4.78 is 0.0453. The van der Waals surface area contributed by atoms with Gasteiger partial charge in [0.15, 0.2) is 0 Å². The molecular weight excluding hydrogens is 310 g/mol. The fraction of sp³-hybridized carbons (Fsp3) is 0.611. The minimum atomic E-state index is -0.353. The van der Waals surface area contributed by atoms with E-state index in [9.17, 15) is 4.79 Å². The van der Waals surface area contributed by atoms with Crippen LogP contribution in [-0.2, 0) is 4.87 Å². The van der Waals surface area contributed by atoms with Crippen molar-refractivity contribution < 1.29 is 4.79 Å². The third kappa shape index (κ3) is 2.80. The van der Waals surface area contributed by atoms with Crippen LogP contribution in [-0.4, -0.2) is 9.32 Å². The molecule has 0 unspecified atom stereocenters. The van der Waals surface area contributed by atoms with Crippen molar-refractivity contribution in [3.05, 3.63) is 35.9 Å². The van der Waals surface area contributed by atoms with Gasteiger partial charge in [0, 0.05) is 0 Å². The molecule has 120 valence electrons. The Labute approximate surface area is 142 Å². The van der Waals surface area contributed by atoms with Crippen LogP contribution in [0.1, 0.15) is 58.4 Å². The second kappa shape index (κ2) is 5.79. The fourth-order valence-electron chi connectivity index (χ4n) is 3.54. The second-order valence-electron chi connectivity index (χ2n) is 7.39. The topological polar surface area (TPSA) is 29.1 Å². The van der Waals surface area contributed by atoms with E-state index in [0.717, 1.165) is 12.8 Å². The van der Waals surface area contributed by atoms with Crippen LogP contribution in [0.5, 0.6) is 0 Å². The number of amides is 1. The van der Waals surface area contributed by atoms with E-state index in [1.807, 2.05) is 17.8 Å². The van der Waals surface area contributed by atoms with Crippen LogP contribution in [0, 0.1) is 5.41 Å². The molecule has 1 saturated heterocycles. The summed E-state index contributed by atoms with van der Waals surface area (Å²) in [6.45, 7) is 6.71. The van der Waals surface area contributed by atoms with E-state index in [-0.39, 0.29) is 19.6 Å². The van der Waals surface area contributed by atoms with Gasteiger partial charge in [0.25, 0.3) is 5.24 Å². The highest BCUT2D eigenvalue weighted by molar-refractivity contribution is 8.27. The molecule has 1 amide bonds. The molecule has 0 radical (unpaired) electrons. The molecule has 4 heteroatoms. The van der Waals surface area contributed by atoms with Gasteiger partial charge in [-0.15, -0.1) is 11.8 Å². The van der Waals surface area contributed by atoms with E-state index in [1.54, 1.807) is 0 Å². The largest absolute Gasteiger partial charge is 0.328 e. The maximum atomic E-state index is 12.6. The molecule has 1 N–H and O–H groups in total. The van der Waals surface area contributed by atoms with Gasteiger partial charge >= 0.3 is 0 Å². The van der Waals surface area contributed by atoms with Gasteiger partial charge in [0.05, 0.1) is 4.08 Å². The third-order valence-corrected chi connectivity index (χ3v) is 8.35. The molecule has 1 aromatic carbocycles. The zero-order chi connectivity index (χ0) is 15.8. The average molecular weight is 336 g/mol. The van der Waals surface area contributed by atoms with E-state index >= 15 is 0 Å². The van der Waals surface area contributed by atoms with E-state index in [0.29, 0.717) is 0 Å². The number of hydrogen-bond donors (Lipinski definition) is 1. The maximum absolute atomic E-state index is 12.6. The number of nitrogens with one attached hydrogen (secondary N) is 1. The van der Waals surface area contributed by atoms with Gasteiger partial charge in [-0.25, -0.2) is 0 Å². The van der Waals surface area contributed by atoms with Gasteiger partial charge in [-0.1, -0.05) is 70.4 Å². The molecule has 1 heterocycles. The highest BCUT2D eigenvalue weighted by Gasteiger charge is 2.55. The van der Waals surface area contributed by atoms with Gasteiger partial charge in [0.2, 0.25) is 0 Å². The molecule has 2 aliphatic rings. The molecule has 1 aliphatic carbocycles. The number of carbonyl (C=O) groups is 1. The molecule has 1 aromatic rings. The monoisotopic (exact) mass is 335 g/mol. The van der Waals surface area contributed by atoms with Crippen molar-refractivity contribution in [3.63, 3.8) is 0 Å². The number of benzene rings is 1. The lowest BCUT2D eigenvalue weighted by atomic mass is 9.81. The van der Waals surface area contributed by atoms with Crippen LogP contribution in [0.15, 0.2) is 30.3 Å². The number of thioether (sulfide) groups is 2. The number of hydrogen-bond acceptors (Lipinski definition) is 3. The standard InChI is InChI=1S/C18H25NOS2/c1-16(2,3)18(14-10-6-4-7-11-14)19-15(20)21-17(22-18)12-8-5-9-13-17/h4,6-7,10-11H,5,8-9,12-13H2,1-3H3,(H,19,20)/t18-/m0/s1. The Bertz CT molecular complexity index is 546. The maximum Gasteiger partial charge on any atom is 0.281 e. The smallest absolute Gasteiger partial charge is 0.281 e. The lowest BCUT2D eigenvalue weighted by Gasteiger charge is -2.54. The lowest BCUT2D eigenvalue weighted by molar-refractivity contribution is 0.218. The minimum absolute atomic E-state index is 0.0453. The summed E-state index contributed by atoms with van der Waals surface area (Å²) in [5.74, 6) is 0. The van der Waals surface area contributed by atoms with Crippen molar-refractivity contribution in [2.24, 2.45) is 5.41 Å². The van der Waals surface area contributed by atoms with Gasteiger partial charge < -0.3 is 5.32 Å². The Morgan fingerprint density at radius 1 is 1.05 bits per heavy atom. The predicted octanol–water partition coefficient (Wildman–Crippen LogP) is 5.74. The Kier molecular flexibility index (Phi) is 4.28. The molecule has 1 aliphatic heterocycles. The summed E-state index contributed by atoms with van der Waals surface area (Å²) in [5.41, 5.74) is 1.16. The summed E-state index contributed by atoms with van der Waals surface area (Å²) in [7, 11) is 0. The minimum Gasteiger partial charge on any atom is -0.328 e. The van der Waals surface area contributed by atoms with Crippen molar-refractivity contribution in [3.8, 4) is 0 Å². The summed E-state index contributed by atoms with van der Waals surface area (Å²) in [6, 6.07) is 10.5. The summed E-state index contributed by atoms with van der Waals surface area (Å²) in [6.07, 6.45) is 6.06. The van der Waals surface area contributed by atoms with E-state index < -0.39 is 0 Å². The van der Waals surface area contributed by atoms with Crippen molar-refractivity contribution in [1.82, 2.24) is 5.32 Å². The highest BCUT2D eigenvalue weighted by Crippen LogP contribution is 2.63. The van der Waals surface area contributed by atoms with Crippen LogP contribution in [0.2, 0.25) is 0 Å². The van der Waals surface area contributed by atoms with Gasteiger partial charge in [-0.05, 0) is 35.6 Å². The molecule has 22 heavy (non-hydrogen) atoms. The number of carbonyl (C=O) groups excluding carboxylic acids is 1. The Morgan fingerprint density at radius 2 is 1.68 bits per heavy atom. The molecular formula is C18H25NOS2. The second-order valence-corrected chi connectivity index (χ2v) is 10.6. The van der Waals surface area contributed by atoms with E-state index in [4.69, 9.17) is 0 Å². The predicted molar refractivity (Wildman–Crippen MR) is 97.1 cm³/mol. The molecule has 3 rings (SSSR count). The average Bonchev–Trinajstić information content (AvgIpc) is 2.47. The molecule has 1 spiro atoms. The van der Waals surface area contributed by atoms with Crippen LogP contribution < -0.4 is 5.32 Å². The van der Waals surface area contributed by atoms with Crippen LogP contribution in [0.3, 0.4) is 0 Å². The first-order valence-corrected chi connectivity index (χ1v) is 9.77. The zero-order valence-corrected chi connectivity index (χ0v) is 15.3. The molecule has 0 aromatic heterocycles. The first kappa shape index (κ1) is 16.3. The third-order valence-electron chi connectivity index (χ3n) is 4.75. The Hall–Kier alpha value is -0.610. The van der Waals surface area contributed by atoms with Crippen molar-refractivity contribution in [1.29, 1.82) is 0 Å². The summed E-state index contributed by atoms with van der Waals surface area (Å²) in [5, 5.41) is 3.48. The van der Waals surface area contributed by atoms with Crippen LogP contribution >= 0.6 is 23.5 Å². The first-order chi connectivity index (χ1) is 10.4. The molecule has 0 bridgehead atoms. The molecule has 1 atom stereocenters. The molecule has 2 fully saturated rings. The van der Waals surface area contributed by atoms with E-state index in [2.05, 4.69) is 50.4 Å². The van der Waals surface area contributed by atoms with Gasteiger partial charge in [0.1, 0.15) is 4.87 Å².